The maximum atomic E-state index is 12.6. The van der Waals surface area contributed by atoms with Gasteiger partial charge in [0, 0.05) is 22.3 Å². The molecule has 0 bridgehead atoms. The number of rotatable bonds is 3. The lowest BCUT2D eigenvalue weighted by molar-refractivity contribution is -0.144. The number of nitrogens with two attached hydrogens (primary N) is 1. The Morgan fingerprint density at radius 2 is 2.14 bits per heavy atom. The predicted molar refractivity (Wildman–Crippen MR) is 84.0 cm³/mol. The van der Waals surface area contributed by atoms with Crippen LogP contribution in [0.4, 0.5) is 5.69 Å². The highest BCUT2D eigenvalue weighted by Crippen LogP contribution is 2.28. The molecule has 21 heavy (non-hydrogen) atoms. The minimum absolute atomic E-state index is 0.273. The number of nitrogens with zero attached hydrogens (tertiary/aromatic N) is 1. The standard InChI is InChI=1S/C15H19BrN2O3/c1-2-9-3-4-18(13(5-9)15(20)21)14(19)10-6-11(16)8-12(17)7-10/h6-9,13H,2-5,17H2,1H3,(H,20,21). The Morgan fingerprint density at radius 3 is 2.71 bits per heavy atom. The van der Waals surface area contributed by atoms with Gasteiger partial charge in [-0.2, -0.15) is 0 Å². The molecule has 0 radical (unpaired) electrons. The van der Waals surface area contributed by atoms with Crippen LogP contribution in [0.3, 0.4) is 0 Å². The summed E-state index contributed by atoms with van der Waals surface area (Å²) in [5.41, 5.74) is 6.64. The molecule has 3 N–H and O–H groups in total. The van der Waals surface area contributed by atoms with E-state index < -0.39 is 12.0 Å². The lowest BCUT2D eigenvalue weighted by Gasteiger charge is -2.37. The van der Waals surface area contributed by atoms with Gasteiger partial charge in [0.2, 0.25) is 0 Å². The lowest BCUT2D eigenvalue weighted by atomic mass is 9.88. The van der Waals surface area contributed by atoms with Crippen LogP contribution < -0.4 is 5.73 Å². The highest BCUT2D eigenvalue weighted by atomic mass is 79.9. The van der Waals surface area contributed by atoms with Crippen molar-refractivity contribution < 1.29 is 14.7 Å². The van der Waals surface area contributed by atoms with E-state index in [-0.39, 0.29) is 5.91 Å². The molecule has 5 nitrogen and oxygen atoms in total. The van der Waals surface area contributed by atoms with Crippen molar-refractivity contribution in [1.29, 1.82) is 0 Å². The molecule has 1 fully saturated rings. The second-order valence-corrected chi connectivity index (χ2v) is 6.34. The summed E-state index contributed by atoms with van der Waals surface area (Å²) in [4.78, 5) is 25.5. The van der Waals surface area contributed by atoms with Crippen LogP contribution in [-0.4, -0.2) is 34.5 Å². The summed E-state index contributed by atoms with van der Waals surface area (Å²) in [5, 5.41) is 9.40. The third-order valence-corrected chi connectivity index (χ3v) is 4.46. The fourth-order valence-corrected chi connectivity index (χ4v) is 3.30. The smallest absolute Gasteiger partial charge is 0.326 e. The van der Waals surface area contributed by atoms with Gasteiger partial charge in [-0.05, 0) is 37.0 Å². The predicted octanol–water partition coefficient (Wildman–Crippen LogP) is 2.75. The average molecular weight is 355 g/mol. The van der Waals surface area contributed by atoms with E-state index in [2.05, 4.69) is 22.9 Å². The van der Waals surface area contributed by atoms with Gasteiger partial charge in [0.25, 0.3) is 5.91 Å². The maximum Gasteiger partial charge on any atom is 0.326 e. The Bertz CT molecular complexity index is 542. The van der Waals surface area contributed by atoms with E-state index in [0.717, 1.165) is 12.8 Å². The number of nitrogen functional groups attached to an aromatic ring is 1. The molecule has 2 rings (SSSR count). The molecule has 2 atom stereocenters. The molecule has 114 valence electrons. The number of likely N-dealkylation sites (tertiary alicyclic amines) is 1. The normalized spacial score (nSPS) is 22.1. The molecule has 1 amide bonds. The van der Waals surface area contributed by atoms with Gasteiger partial charge in [0.05, 0.1) is 0 Å². The monoisotopic (exact) mass is 354 g/mol. The SMILES string of the molecule is CCC1CCN(C(=O)c2cc(N)cc(Br)c2)C(C(=O)O)C1. The number of piperidine rings is 1. The number of halogens is 1. The summed E-state index contributed by atoms with van der Waals surface area (Å²) in [7, 11) is 0. The van der Waals surface area contributed by atoms with Crippen LogP contribution in [0.5, 0.6) is 0 Å². The van der Waals surface area contributed by atoms with Crippen LogP contribution in [0.1, 0.15) is 36.5 Å². The molecule has 1 saturated heterocycles. The second-order valence-electron chi connectivity index (χ2n) is 5.42. The number of hydrogen-bond donors (Lipinski definition) is 2. The van der Waals surface area contributed by atoms with E-state index in [0.29, 0.717) is 34.6 Å². The van der Waals surface area contributed by atoms with Gasteiger partial charge >= 0.3 is 5.97 Å². The number of carboxylic acid groups (broad SMARTS) is 1. The Morgan fingerprint density at radius 1 is 1.43 bits per heavy atom. The summed E-state index contributed by atoms with van der Waals surface area (Å²) in [6.07, 6.45) is 2.30. The van der Waals surface area contributed by atoms with Crippen LogP contribution in [0.15, 0.2) is 22.7 Å². The first kappa shape index (κ1) is 15.8. The fraction of sp³-hybridized carbons (Fsp3) is 0.467. The zero-order valence-electron chi connectivity index (χ0n) is 11.9. The molecule has 1 heterocycles. The zero-order chi connectivity index (χ0) is 15.6. The van der Waals surface area contributed by atoms with E-state index in [1.807, 2.05) is 0 Å². The van der Waals surface area contributed by atoms with Crippen molar-refractivity contribution in [2.45, 2.75) is 32.2 Å². The van der Waals surface area contributed by atoms with Crippen molar-refractivity contribution in [3.05, 3.63) is 28.2 Å². The van der Waals surface area contributed by atoms with Crippen molar-refractivity contribution in [2.75, 3.05) is 12.3 Å². The highest BCUT2D eigenvalue weighted by Gasteiger charge is 2.36. The first-order valence-electron chi connectivity index (χ1n) is 7.02. The number of benzene rings is 1. The maximum absolute atomic E-state index is 12.6. The second kappa shape index (κ2) is 6.47. The van der Waals surface area contributed by atoms with Crippen LogP contribution in [0, 0.1) is 5.92 Å². The average Bonchev–Trinajstić information content (AvgIpc) is 2.44. The van der Waals surface area contributed by atoms with Crippen LogP contribution in [0.25, 0.3) is 0 Å². The van der Waals surface area contributed by atoms with E-state index in [1.165, 1.54) is 4.90 Å². The van der Waals surface area contributed by atoms with E-state index in [9.17, 15) is 14.7 Å². The fourth-order valence-electron chi connectivity index (χ4n) is 2.79. The van der Waals surface area contributed by atoms with Gasteiger partial charge in [-0.15, -0.1) is 0 Å². The number of amides is 1. The van der Waals surface area contributed by atoms with Crippen molar-refractivity contribution in [1.82, 2.24) is 4.90 Å². The topological polar surface area (TPSA) is 83.6 Å². The molecule has 1 aromatic carbocycles. The zero-order valence-corrected chi connectivity index (χ0v) is 13.5. The third-order valence-electron chi connectivity index (χ3n) is 4.00. The number of carbonyl (C=O) groups is 2. The van der Waals surface area contributed by atoms with Crippen LogP contribution >= 0.6 is 15.9 Å². The summed E-state index contributed by atoms with van der Waals surface area (Å²) in [6, 6.07) is 4.20. The molecule has 0 aliphatic carbocycles. The van der Waals surface area contributed by atoms with Crippen LogP contribution in [0.2, 0.25) is 0 Å². The summed E-state index contributed by atoms with van der Waals surface area (Å²) < 4.78 is 0.709. The molecule has 1 aliphatic rings. The molecule has 1 aromatic rings. The molecular weight excluding hydrogens is 336 g/mol. The Kier molecular flexibility index (Phi) is 4.88. The number of anilines is 1. The number of hydrogen-bond acceptors (Lipinski definition) is 3. The van der Waals surface area contributed by atoms with Gasteiger partial charge in [-0.25, -0.2) is 4.79 Å². The van der Waals surface area contributed by atoms with Gasteiger partial charge in [-0.3, -0.25) is 4.79 Å². The van der Waals surface area contributed by atoms with E-state index in [1.54, 1.807) is 18.2 Å². The molecule has 0 spiro atoms. The van der Waals surface area contributed by atoms with Crippen molar-refractivity contribution >= 4 is 33.5 Å². The minimum atomic E-state index is -0.940. The summed E-state index contributed by atoms with van der Waals surface area (Å²) in [6.45, 7) is 2.52. The number of carbonyl (C=O) groups excluding carboxylic acids is 1. The minimum Gasteiger partial charge on any atom is -0.480 e. The number of aliphatic carboxylic acids is 1. The Labute approximate surface area is 132 Å². The number of carboxylic acids is 1. The van der Waals surface area contributed by atoms with Gasteiger partial charge in [0.1, 0.15) is 6.04 Å². The summed E-state index contributed by atoms with van der Waals surface area (Å²) in [5.74, 6) is -0.850. The first-order chi connectivity index (χ1) is 9.92. The van der Waals surface area contributed by atoms with Gasteiger partial charge in [-0.1, -0.05) is 29.3 Å². The summed E-state index contributed by atoms with van der Waals surface area (Å²) >= 11 is 3.30. The molecule has 0 saturated carbocycles. The molecule has 1 aliphatic heterocycles. The Hall–Kier alpha value is -1.56. The van der Waals surface area contributed by atoms with Crippen LogP contribution in [-0.2, 0) is 4.79 Å². The molecular formula is C15H19BrN2O3. The van der Waals surface area contributed by atoms with Gasteiger partial charge < -0.3 is 15.7 Å². The van der Waals surface area contributed by atoms with Crippen molar-refractivity contribution in [2.24, 2.45) is 5.92 Å². The molecule has 6 heteroatoms. The van der Waals surface area contributed by atoms with E-state index in [4.69, 9.17) is 5.73 Å². The van der Waals surface area contributed by atoms with Crippen molar-refractivity contribution in [3.8, 4) is 0 Å². The molecule has 0 aromatic heterocycles. The third kappa shape index (κ3) is 3.56. The molecule has 2 unspecified atom stereocenters. The largest absolute Gasteiger partial charge is 0.480 e. The Balaban J connectivity index is 2.26. The highest BCUT2D eigenvalue weighted by molar-refractivity contribution is 9.10. The quantitative estimate of drug-likeness (QED) is 0.817. The van der Waals surface area contributed by atoms with Crippen molar-refractivity contribution in [3.63, 3.8) is 0 Å². The first-order valence-corrected chi connectivity index (χ1v) is 7.81. The van der Waals surface area contributed by atoms with E-state index >= 15 is 0 Å². The lowest BCUT2D eigenvalue weighted by Crippen LogP contribution is -2.50. The van der Waals surface area contributed by atoms with Gasteiger partial charge in [0.15, 0.2) is 0 Å².